The largest absolute Gasteiger partial charge is 0.383 e. The molecule has 1 spiro atoms. The average Bonchev–Trinajstić information content (AvgIpc) is 3.24. The number of hydrogen-bond acceptors (Lipinski definition) is 3. The molecule has 1 aromatic carbocycles. The van der Waals surface area contributed by atoms with Crippen molar-refractivity contribution in [1.82, 2.24) is 10.2 Å². The highest BCUT2D eigenvalue weighted by Gasteiger charge is 2.55. The monoisotopic (exact) mass is 410 g/mol. The molecule has 0 unspecified atom stereocenters. The Kier molecular flexibility index (Phi) is 6.57. The first-order valence-corrected chi connectivity index (χ1v) is 11.5. The standard InChI is InChI=1S/C25H34N2O3/c1-30-18-17-27-24(29)21-12-6-5-11-20(21)22(25(27)14-7-8-15-25)23(28)26-16-13-19-9-3-2-4-10-19/h5-6,9,11-12,22H,2-4,7-8,10,13-18H2,1H3,(H,26,28)/t22-/m0/s1. The van der Waals surface area contributed by atoms with E-state index in [2.05, 4.69) is 11.4 Å². The van der Waals surface area contributed by atoms with Crippen LogP contribution < -0.4 is 5.32 Å². The summed E-state index contributed by atoms with van der Waals surface area (Å²) in [5.74, 6) is -0.206. The first-order valence-electron chi connectivity index (χ1n) is 11.5. The van der Waals surface area contributed by atoms with Gasteiger partial charge in [-0.05, 0) is 56.6 Å². The Morgan fingerprint density at radius 1 is 1.20 bits per heavy atom. The van der Waals surface area contributed by atoms with Crippen molar-refractivity contribution in [1.29, 1.82) is 0 Å². The van der Waals surface area contributed by atoms with E-state index in [1.54, 1.807) is 7.11 Å². The van der Waals surface area contributed by atoms with Crippen molar-refractivity contribution in [2.75, 3.05) is 26.8 Å². The van der Waals surface area contributed by atoms with Crippen molar-refractivity contribution < 1.29 is 14.3 Å². The van der Waals surface area contributed by atoms with E-state index in [0.717, 1.165) is 44.1 Å². The quantitative estimate of drug-likeness (QED) is 0.686. The first kappa shape index (κ1) is 21.1. The summed E-state index contributed by atoms with van der Waals surface area (Å²) < 4.78 is 5.31. The van der Waals surface area contributed by atoms with E-state index in [-0.39, 0.29) is 17.7 Å². The fourth-order valence-electron chi connectivity index (χ4n) is 5.75. The van der Waals surface area contributed by atoms with E-state index in [9.17, 15) is 9.59 Å². The molecule has 0 aromatic heterocycles. The van der Waals surface area contributed by atoms with Crippen LogP contribution in [0.25, 0.3) is 0 Å². The highest BCUT2D eigenvalue weighted by molar-refractivity contribution is 6.02. The van der Waals surface area contributed by atoms with Gasteiger partial charge >= 0.3 is 0 Å². The SMILES string of the molecule is COCCN1C(=O)c2ccccc2[C@@H](C(=O)NCCC2=CCCCC2)C12CCCC2. The molecular formula is C25H34N2O3. The van der Waals surface area contributed by atoms with E-state index >= 15 is 0 Å². The lowest BCUT2D eigenvalue weighted by Gasteiger charge is -2.50. The van der Waals surface area contributed by atoms with Gasteiger partial charge < -0.3 is 15.0 Å². The number of benzene rings is 1. The molecular weight excluding hydrogens is 376 g/mol. The fourth-order valence-corrected chi connectivity index (χ4v) is 5.75. The lowest BCUT2D eigenvalue weighted by atomic mass is 9.71. The van der Waals surface area contributed by atoms with E-state index in [4.69, 9.17) is 4.74 Å². The Bertz CT molecular complexity index is 810. The predicted octanol–water partition coefficient (Wildman–Crippen LogP) is 4.19. The summed E-state index contributed by atoms with van der Waals surface area (Å²) in [6, 6.07) is 7.69. The number of hydrogen-bond donors (Lipinski definition) is 1. The van der Waals surface area contributed by atoms with Gasteiger partial charge in [0.05, 0.1) is 18.1 Å². The number of rotatable bonds is 7. The Morgan fingerprint density at radius 3 is 2.73 bits per heavy atom. The van der Waals surface area contributed by atoms with Gasteiger partial charge in [0, 0.05) is 25.8 Å². The van der Waals surface area contributed by atoms with Crippen LogP contribution in [-0.4, -0.2) is 49.1 Å². The number of fused-ring (bicyclic) bond motifs is 1. The van der Waals surface area contributed by atoms with Crippen LogP contribution in [0.3, 0.4) is 0 Å². The van der Waals surface area contributed by atoms with Crippen LogP contribution in [0, 0.1) is 0 Å². The Balaban J connectivity index is 1.60. The second kappa shape index (κ2) is 9.34. The minimum atomic E-state index is -0.432. The topological polar surface area (TPSA) is 58.6 Å². The van der Waals surface area contributed by atoms with Crippen molar-refractivity contribution in [3.63, 3.8) is 0 Å². The molecule has 1 fully saturated rings. The van der Waals surface area contributed by atoms with E-state index in [0.29, 0.717) is 25.3 Å². The minimum absolute atomic E-state index is 0.0426. The number of allylic oxidation sites excluding steroid dienone is 1. The summed E-state index contributed by atoms with van der Waals surface area (Å²) in [4.78, 5) is 29.0. The molecule has 5 nitrogen and oxygen atoms in total. The third-order valence-electron chi connectivity index (χ3n) is 7.20. The van der Waals surface area contributed by atoms with Gasteiger partial charge in [0.25, 0.3) is 5.91 Å². The summed E-state index contributed by atoms with van der Waals surface area (Å²) in [5.41, 5.74) is 2.60. The highest BCUT2D eigenvalue weighted by atomic mass is 16.5. The van der Waals surface area contributed by atoms with Crippen molar-refractivity contribution >= 4 is 11.8 Å². The lowest BCUT2D eigenvalue weighted by Crippen LogP contribution is -2.61. The maximum absolute atomic E-state index is 13.6. The molecule has 2 aliphatic carbocycles. The number of carbonyl (C=O) groups is 2. The predicted molar refractivity (Wildman–Crippen MR) is 117 cm³/mol. The smallest absolute Gasteiger partial charge is 0.254 e. The second-order valence-corrected chi connectivity index (χ2v) is 8.93. The van der Waals surface area contributed by atoms with Crippen LogP contribution in [0.4, 0.5) is 0 Å². The van der Waals surface area contributed by atoms with Gasteiger partial charge in [-0.3, -0.25) is 9.59 Å². The van der Waals surface area contributed by atoms with Gasteiger partial charge in [0.2, 0.25) is 5.91 Å². The van der Waals surface area contributed by atoms with Crippen molar-refractivity contribution in [3.05, 3.63) is 47.0 Å². The van der Waals surface area contributed by atoms with Crippen LogP contribution in [0.2, 0.25) is 0 Å². The fraction of sp³-hybridized carbons (Fsp3) is 0.600. The van der Waals surface area contributed by atoms with Gasteiger partial charge in [0.1, 0.15) is 0 Å². The lowest BCUT2D eigenvalue weighted by molar-refractivity contribution is -0.126. The molecule has 162 valence electrons. The first-order chi connectivity index (χ1) is 14.7. The van der Waals surface area contributed by atoms with Crippen LogP contribution in [0.1, 0.15) is 79.6 Å². The minimum Gasteiger partial charge on any atom is -0.383 e. The molecule has 0 radical (unpaired) electrons. The van der Waals surface area contributed by atoms with Crippen LogP contribution >= 0.6 is 0 Å². The maximum Gasteiger partial charge on any atom is 0.254 e. The zero-order valence-corrected chi connectivity index (χ0v) is 18.1. The van der Waals surface area contributed by atoms with Gasteiger partial charge in [-0.1, -0.05) is 42.7 Å². The summed E-state index contributed by atoms with van der Waals surface area (Å²) in [6.07, 6.45) is 12.0. The highest BCUT2D eigenvalue weighted by Crippen LogP contribution is 2.50. The van der Waals surface area contributed by atoms with E-state index < -0.39 is 5.54 Å². The molecule has 1 N–H and O–H groups in total. The second-order valence-electron chi connectivity index (χ2n) is 8.93. The number of carbonyl (C=O) groups excluding carboxylic acids is 2. The third kappa shape index (κ3) is 3.92. The normalized spacial score (nSPS) is 22.7. The summed E-state index contributed by atoms with van der Waals surface area (Å²) in [6.45, 7) is 1.68. The molecule has 1 atom stereocenters. The third-order valence-corrected chi connectivity index (χ3v) is 7.20. The Labute approximate surface area is 179 Å². The van der Waals surface area contributed by atoms with Gasteiger partial charge in [-0.15, -0.1) is 0 Å². The molecule has 0 bridgehead atoms. The molecule has 1 aromatic rings. The number of nitrogens with zero attached hydrogens (tertiary/aromatic N) is 1. The van der Waals surface area contributed by atoms with Gasteiger partial charge in [-0.25, -0.2) is 0 Å². The number of nitrogens with one attached hydrogen (secondary N) is 1. The zero-order chi connectivity index (χ0) is 21.0. The molecule has 1 saturated carbocycles. The molecule has 0 saturated heterocycles. The molecule has 30 heavy (non-hydrogen) atoms. The van der Waals surface area contributed by atoms with Crippen LogP contribution in [-0.2, 0) is 9.53 Å². The van der Waals surface area contributed by atoms with Crippen molar-refractivity contribution in [3.8, 4) is 0 Å². The Hall–Kier alpha value is -2.14. The van der Waals surface area contributed by atoms with E-state index in [1.165, 1.54) is 24.8 Å². The van der Waals surface area contributed by atoms with Gasteiger partial charge in [-0.2, -0.15) is 0 Å². The number of ether oxygens (including phenoxy) is 1. The average molecular weight is 411 g/mol. The number of methoxy groups -OCH3 is 1. The molecule has 2 amide bonds. The molecule has 4 rings (SSSR count). The molecule has 5 heteroatoms. The summed E-state index contributed by atoms with van der Waals surface area (Å²) >= 11 is 0. The molecule has 1 heterocycles. The van der Waals surface area contributed by atoms with E-state index in [1.807, 2.05) is 29.2 Å². The Morgan fingerprint density at radius 2 is 2.00 bits per heavy atom. The van der Waals surface area contributed by atoms with Crippen LogP contribution in [0.15, 0.2) is 35.9 Å². The zero-order valence-electron chi connectivity index (χ0n) is 18.1. The molecule has 1 aliphatic heterocycles. The van der Waals surface area contributed by atoms with Crippen molar-refractivity contribution in [2.45, 2.75) is 69.2 Å². The summed E-state index contributed by atoms with van der Waals surface area (Å²) in [7, 11) is 1.66. The summed E-state index contributed by atoms with van der Waals surface area (Å²) in [5, 5.41) is 3.23. The van der Waals surface area contributed by atoms with Gasteiger partial charge in [0.15, 0.2) is 0 Å². The molecule has 3 aliphatic rings. The number of amides is 2. The van der Waals surface area contributed by atoms with Crippen molar-refractivity contribution in [2.24, 2.45) is 0 Å². The van der Waals surface area contributed by atoms with Crippen LogP contribution in [0.5, 0.6) is 0 Å². The maximum atomic E-state index is 13.6.